The number of pyridine rings is 1. The van der Waals surface area contributed by atoms with Gasteiger partial charge in [0.2, 0.25) is 5.91 Å². The molecule has 0 radical (unpaired) electrons. The average Bonchev–Trinajstić information content (AvgIpc) is 2.62. The predicted octanol–water partition coefficient (Wildman–Crippen LogP) is 3.30. The van der Waals surface area contributed by atoms with Crippen molar-refractivity contribution in [3.63, 3.8) is 0 Å². The van der Waals surface area contributed by atoms with Gasteiger partial charge in [0.25, 0.3) is 11.5 Å². The fourth-order valence-electron chi connectivity index (χ4n) is 2.34. The molecule has 0 unspecified atom stereocenters. The Morgan fingerprint density at radius 1 is 1.21 bits per heavy atom. The van der Waals surface area contributed by atoms with E-state index in [0.29, 0.717) is 23.4 Å². The maximum atomic E-state index is 12.9. The molecule has 0 spiro atoms. The van der Waals surface area contributed by atoms with Crippen LogP contribution in [0, 0.1) is 0 Å². The third-order valence-corrected chi connectivity index (χ3v) is 3.94. The number of nitrogens with zero attached hydrogens (tertiary/aromatic N) is 1. The number of nitrogens with one attached hydrogen (secondary N) is 2. The van der Waals surface area contributed by atoms with Gasteiger partial charge >= 0.3 is 6.18 Å². The van der Waals surface area contributed by atoms with Crippen LogP contribution in [0.1, 0.15) is 29.3 Å². The van der Waals surface area contributed by atoms with Crippen LogP contribution in [0.3, 0.4) is 0 Å². The summed E-state index contributed by atoms with van der Waals surface area (Å²) in [6.07, 6.45) is -3.48. The topological polar surface area (TPSA) is 80.2 Å². The number of amides is 2. The Labute approximate surface area is 163 Å². The van der Waals surface area contributed by atoms with Crippen LogP contribution >= 0.6 is 11.6 Å². The first kappa shape index (κ1) is 21.5. The molecule has 0 aliphatic heterocycles. The third-order valence-electron chi connectivity index (χ3n) is 3.66. The molecule has 1 heterocycles. The number of carbonyl (C=O) groups is 2. The van der Waals surface area contributed by atoms with Gasteiger partial charge in [-0.05, 0) is 24.6 Å². The quantitative estimate of drug-likeness (QED) is 0.759. The minimum absolute atomic E-state index is 0.173. The van der Waals surface area contributed by atoms with Gasteiger partial charge in [0, 0.05) is 12.7 Å². The lowest BCUT2D eigenvalue weighted by Crippen LogP contribution is -2.30. The molecule has 0 atom stereocenters. The van der Waals surface area contributed by atoms with Crippen LogP contribution in [0.4, 0.5) is 18.9 Å². The fraction of sp³-hybridized carbons (Fsp3) is 0.278. The zero-order chi connectivity index (χ0) is 20.9. The van der Waals surface area contributed by atoms with Gasteiger partial charge in [0.1, 0.15) is 11.6 Å². The van der Waals surface area contributed by atoms with Gasteiger partial charge in [0.05, 0.1) is 16.8 Å². The van der Waals surface area contributed by atoms with Crippen LogP contribution < -0.4 is 16.2 Å². The minimum atomic E-state index is -4.72. The van der Waals surface area contributed by atoms with Gasteiger partial charge in [-0.1, -0.05) is 30.7 Å². The summed E-state index contributed by atoms with van der Waals surface area (Å²) in [5, 5.41) is 4.45. The van der Waals surface area contributed by atoms with E-state index in [1.165, 1.54) is 12.1 Å². The number of anilines is 1. The van der Waals surface area contributed by atoms with Gasteiger partial charge in [-0.2, -0.15) is 13.2 Å². The van der Waals surface area contributed by atoms with E-state index in [-0.39, 0.29) is 11.3 Å². The molecule has 28 heavy (non-hydrogen) atoms. The molecule has 1 aromatic heterocycles. The van der Waals surface area contributed by atoms with E-state index in [1.54, 1.807) is 12.1 Å². The number of halogens is 4. The normalized spacial score (nSPS) is 11.2. The number of hydrogen-bond donors (Lipinski definition) is 2. The van der Waals surface area contributed by atoms with Crippen LogP contribution in [0.15, 0.2) is 41.3 Å². The first-order valence-corrected chi connectivity index (χ1v) is 8.65. The Balaban J connectivity index is 2.23. The second-order valence-electron chi connectivity index (χ2n) is 5.86. The molecule has 0 bridgehead atoms. The molecule has 2 rings (SSSR count). The van der Waals surface area contributed by atoms with E-state index in [4.69, 9.17) is 11.6 Å². The molecule has 0 saturated heterocycles. The summed E-state index contributed by atoms with van der Waals surface area (Å²) < 4.78 is 39.2. The Morgan fingerprint density at radius 2 is 1.89 bits per heavy atom. The van der Waals surface area contributed by atoms with Crippen molar-refractivity contribution in [2.75, 3.05) is 11.9 Å². The van der Waals surface area contributed by atoms with Crippen molar-refractivity contribution >= 4 is 29.1 Å². The molecule has 6 nitrogen and oxygen atoms in total. The van der Waals surface area contributed by atoms with Crippen molar-refractivity contribution in [2.45, 2.75) is 26.1 Å². The summed E-state index contributed by atoms with van der Waals surface area (Å²) in [6, 6.07) is 6.66. The molecule has 0 saturated carbocycles. The third kappa shape index (κ3) is 5.35. The Morgan fingerprint density at radius 3 is 2.54 bits per heavy atom. The molecule has 2 aromatic rings. The van der Waals surface area contributed by atoms with Crippen molar-refractivity contribution in [3.8, 4) is 0 Å². The van der Waals surface area contributed by atoms with Crippen LogP contribution in [-0.2, 0) is 17.5 Å². The number of aromatic nitrogens is 1. The van der Waals surface area contributed by atoms with Crippen LogP contribution in [0.5, 0.6) is 0 Å². The molecule has 0 aliphatic carbocycles. The standard InChI is InChI=1S/C18H17ClF3N3O3/c1-2-7-23-16(27)12-5-3-4-6-14(12)24-15(26)10-25-9-11(18(20,21)22)8-13(19)17(25)28/h3-6,8-9H,2,7,10H2,1H3,(H,23,27)(H,24,26). The van der Waals surface area contributed by atoms with Crippen molar-refractivity contribution in [3.05, 3.63) is 63.0 Å². The molecule has 1 aromatic carbocycles. The predicted molar refractivity (Wildman–Crippen MR) is 98.4 cm³/mol. The van der Waals surface area contributed by atoms with Crippen molar-refractivity contribution in [2.24, 2.45) is 0 Å². The number of carbonyl (C=O) groups excluding carboxylic acids is 2. The number of benzene rings is 1. The molecule has 2 N–H and O–H groups in total. The van der Waals surface area contributed by atoms with Gasteiger partial charge < -0.3 is 15.2 Å². The Hall–Kier alpha value is -2.81. The number of hydrogen-bond acceptors (Lipinski definition) is 3. The van der Waals surface area contributed by atoms with Crippen LogP contribution in [0.25, 0.3) is 0 Å². The van der Waals surface area contributed by atoms with E-state index in [1.807, 2.05) is 6.92 Å². The summed E-state index contributed by atoms with van der Waals surface area (Å²) in [6.45, 7) is 1.62. The van der Waals surface area contributed by atoms with Crippen molar-refractivity contribution < 1.29 is 22.8 Å². The lowest BCUT2D eigenvalue weighted by atomic mass is 10.1. The van der Waals surface area contributed by atoms with Crippen LogP contribution in [-0.4, -0.2) is 22.9 Å². The Bertz CT molecular complexity index is 942. The highest BCUT2D eigenvalue weighted by Gasteiger charge is 2.32. The number of alkyl halides is 3. The van der Waals surface area contributed by atoms with Crippen LogP contribution in [0.2, 0.25) is 5.02 Å². The van der Waals surface area contributed by atoms with E-state index < -0.39 is 40.7 Å². The van der Waals surface area contributed by atoms with E-state index in [9.17, 15) is 27.6 Å². The maximum absolute atomic E-state index is 12.9. The zero-order valence-corrected chi connectivity index (χ0v) is 15.5. The smallest absolute Gasteiger partial charge is 0.352 e. The molecule has 10 heteroatoms. The highest BCUT2D eigenvalue weighted by Crippen LogP contribution is 2.29. The number of rotatable bonds is 6. The first-order valence-electron chi connectivity index (χ1n) is 8.27. The second kappa shape index (κ2) is 8.92. The summed E-state index contributed by atoms with van der Waals surface area (Å²) in [5.41, 5.74) is -1.71. The zero-order valence-electron chi connectivity index (χ0n) is 14.8. The van der Waals surface area contributed by atoms with Gasteiger partial charge in [-0.25, -0.2) is 0 Å². The monoisotopic (exact) mass is 415 g/mol. The second-order valence-corrected chi connectivity index (χ2v) is 6.26. The van der Waals surface area contributed by atoms with Gasteiger partial charge in [-0.15, -0.1) is 0 Å². The largest absolute Gasteiger partial charge is 0.417 e. The highest BCUT2D eigenvalue weighted by atomic mass is 35.5. The van der Waals surface area contributed by atoms with Gasteiger partial charge in [-0.3, -0.25) is 14.4 Å². The summed E-state index contributed by atoms with van der Waals surface area (Å²) >= 11 is 5.57. The maximum Gasteiger partial charge on any atom is 0.417 e. The SMILES string of the molecule is CCCNC(=O)c1ccccc1NC(=O)Cn1cc(C(F)(F)F)cc(Cl)c1=O. The number of para-hydroxylation sites is 1. The summed E-state index contributed by atoms with van der Waals surface area (Å²) in [4.78, 5) is 36.4. The molecule has 2 amide bonds. The molecular weight excluding hydrogens is 399 g/mol. The van der Waals surface area contributed by atoms with E-state index >= 15 is 0 Å². The van der Waals surface area contributed by atoms with Crippen molar-refractivity contribution in [1.82, 2.24) is 9.88 Å². The highest BCUT2D eigenvalue weighted by molar-refractivity contribution is 6.30. The van der Waals surface area contributed by atoms with E-state index in [2.05, 4.69) is 10.6 Å². The minimum Gasteiger partial charge on any atom is -0.352 e. The summed E-state index contributed by atoms with van der Waals surface area (Å²) in [7, 11) is 0. The lowest BCUT2D eigenvalue weighted by molar-refractivity contribution is -0.138. The van der Waals surface area contributed by atoms with E-state index in [0.717, 1.165) is 6.42 Å². The molecule has 150 valence electrons. The molecule has 0 fully saturated rings. The molecule has 0 aliphatic rings. The first-order chi connectivity index (χ1) is 13.1. The molecular formula is C18H17ClF3N3O3. The van der Waals surface area contributed by atoms with Crippen molar-refractivity contribution in [1.29, 1.82) is 0 Å². The lowest BCUT2D eigenvalue weighted by Gasteiger charge is -2.13. The summed E-state index contributed by atoms with van der Waals surface area (Å²) in [5.74, 6) is -1.19. The Kier molecular flexibility index (Phi) is 6.85. The van der Waals surface area contributed by atoms with Gasteiger partial charge in [0.15, 0.2) is 0 Å². The average molecular weight is 416 g/mol. The fourth-order valence-corrected chi connectivity index (χ4v) is 2.57.